The Labute approximate surface area is 162 Å². The highest BCUT2D eigenvalue weighted by atomic mass is 32.2. The van der Waals surface area contributed by atoms with E-state index in [1.807, 2.05) is 13.8 Å². The van der Waals surface area contributed by atoms with Crippen LogP contribution in [0.2, 0.25) is 0 Å². The average Bonchev–Trinajstić information content (AvgIpc) is 2.83. The molecule has 0 aromatic heterocycles. The van der Waals surface area contributed by atoms with Gasteiger partial charge in [0.25, 0.3) is 5.91 Å². The fourth-order valence-electron chi connectivity index (χ4n) is 3.46. The number of sulfone groups is 1. The van der Waals surface area contributed by atoms with Crippen molar-refractivity contribution >= 4 is 27.7 Å². The zero-order chi connectivity index (χ0) is 20.7. The predicted octanol–water partition coefficient (Wildman–Crippen LogP) is 0.912. The van der Waals surface area contributed by atoms with Gasteiger partial charge in [0, 0.05) is 12.1 Å². The Balaban J connectivity index is 1.87. The molecule has 2 aliphatic heterocycles. The fraction of sp³-hybridized carbons (Fsp3) is 0.500. The van der Waals surface area contributed by atoms with Crippen molar-refractivity contribution in [2.24, 2.45) is 5.92 Å². The first-order chi connectivity index (χ1) is 13.1. The number of carbonyl (C=O) groups excluding carboxylic acids is 3. The number of hydrogen-bond donors (Lipinski definition) is 2. The summed E-state index contributed by atoms with van der Waals surface area (Å²) >= 11 is 0. The molecule has 0 unspecified atom stereocenters. The van der Waals surface area contributed by atoms with Gasteiger partial charge in [-0.25, -0.2) is 17.6 Å². The van der Waals surface area contributed by atoms with Crippen LogP contribution in [-0.2, 0) is 25.0 Å². The van der Waals surface area contributed by atoms with Gasteiger partial charge in [0.15, 0.2) is 9.84 Å². The van der Waals surface area contributed by atoms with Crippen molar-refractivity contribution in [3.05, 3.63) is 29.6 Å². The molecule has 1 atom stereocenters. The second-order valence-corrected chi connectivity index (χ2v) is 9.55. The third kappa shape index (κ3) is 3.48. The molecule has 10 heteroatoms. The van der Waals surface area contributed by atoms with Gasteiger partial charge in [-0.05, 0) is 37.0 Å². The molecule has 0 aliphatic carbocycles. The standard InChI is InChI=1S/C18H22FN3O5S/c1-11(2)5-7-20-15(23)10-22-16(24)18(21-17(22)25)6-8-28(26,27)14-4-3-12(19)9-13(14)18/h3-4,9,11H,5-8,10H2,1-2H3,(H,20,23)(H,21,25)/t18-/m0/s1. The van der Waals surface area contributed by atoms with Crippen LogP contribution in [0.1, 0.15) is 32.3 Å². The molecule has 8 nitrogen and oxygen atoms in total. The Hall–Kier alpha value is -2.49. The molecule has 2 N–H and O–H groups in total. The Morgan fingerprint density at radius 2 is 2.07 bits per heavy atom. The lowest BCUT2D eigenvalue weighted by atomic mass is 9.86. The molecule has 1 aromatic rings. The first kappa shape index (κ1) is 20.2. The molecular weight excluding hydrogens is 389 g/mol. The number of carbonyl (C=O) groups is 3. The number of amides is 4. The second-order valence-electron chi connectivity index (χ2n) is 7.47. The van der Waals surface area contributed by atoms with E-state index in [4.69, 9.17) is 0 Å². The summed E-state index contributed by atoms with van der Waals surface area (Å²) in [4.78, 5) is 38.1. The third-order valence-electron chi connectivity index (χ3n) is 5.00. The van der Waals surface area contributed by atoms with Crippen LogP contribution in [-0.4, -0.2) is 50.0 Å². The highest BCUT2D eigenvalue weighted by Gasteiger charge is 2.56. The first-order valence-corrected chi connectivity index (χ1v) is 10.7. The van der Waals surface area contributed by atoms with Gasteiger partial charge in [0.05, 0.1) is 10.6 Å². The van der Waals surface area contributed by atoms with E-state index in [1.165, 1.54) is 0 Å². The van der Waals surface area contributed by atoms with E-state index in [0.717, 1.165) is 29.5 Å². The Kier molecular flexibility index (Phi) is 5.18. The van der Waals surface area contributed by atoms with Gasteiger partial charge in [0.2, 0.25) is 5.91 Å². The van der Waals surface area contributed by atoms with Crippen LogP contribution in [0.15, 0.2) is 23.1 Å². The quantitative estimate of drug-likeness (QED) is 0.553. The van der Waals surface area contributed by atoms with E-state index in [9.17, 15) is 27.2 Å². The number of urea groups is 1. The third-order valence-corrected chi connectivity index (χ3v) is 6.77. The molecule has 0 radical (unpaired) electrons. The van der Waals surface area contributed by atoms with Gasteiger partial charge in [-0.3, -0.25) is 14.5 Å². The SMILES string of the molecule is CC(C)CCNC(=O)CN1C(=O)N[C@]2(CCS(=O)(=O)c3ccc(F)cc32)C1=O. The predicted molar refractivity (Wildman–Crippen MR) is 97.5 cm³/mol. The van der Waals surface area contributed by atoms with Crippen LogP contribution in [0.4, 0.5) is 9.18 Å². The minimum absolute atomic E-state index is 0.0974. The summed E-state index contributed by atoms with van der Waals surface area (Å²) in [6.07, 6.45) is 0.530. The largest absolute Gasteiger partial charge is 0.355 e. The van der Waals surface area contributed by atoms with E-state index >= 15 is 0 Å². The molecule has 4 amide bonds. The van der Waals surface area contributed by atoms with E-state index in [-0.39, 0.29) is 22.6 Å². The molecule has 0 saturated carbocycles. The van der Waals surface area contributed by atoms with Crippen LogP contribution in [0.5, 0.6) is 0 Å². The van der Waals surface area contributed by atoms with E-state index in [0.29, 0.717) is 12.5 Å². The molecule has 1 spiro atoms. The molecule has 1 saturated heterocycles. The maximum absolute atomic E-state index is 13.8. The Morgan fingerprint density at radius 3 is 2.75 bits per heavy atom. The van der Waals surface area contributed by atoms with Crippen molar-refractivity contribution in [3.8, 4) is 0 Å². The lowest BCUT2D eigenvalue weighted by molar-refractivity contribution is -0.135. The van der Waals surface area contributed by atoms with Crippen LogP contribution in [0, 0.1) is 11.7 Å². The minimum atomic E-state index is -3.69. The summed E-state index contributed by atoms with van der Waals surface area (Å²) < 4.78 is 38.5. The number of nitrogens with one attached hydrogen (secondary N) is 2. The monoisotopic (exact) mass is 411 g/mol. The van der Waals surface area contributed by atoms with Gasteiger partial charge in [-0.15, -0.1) is 0 Å². The fourth-order valence-corrected chi connectivity index (χ4v) is 5.10. The summed E-state index contributed by atoms with van der Waals surface area (Å²) in [6.45, 7) is 3.93. The molecule has 0 bridgehead atoms. The molecule has 1 aromatic carbocycles. The zero-order valence-electron chi connectivity index (χ0n) is 15.6. The minimum Gasteiger partial charge on any atom is -0.355 e. The maximum Gasteiger partial charge on any atom is 0.325 e. The van der Waals surface area contributed by atoms with Crippen molar-refractivity contribution in [2.75, 3.05) is 18.8 Å². The number of nitrogens with zero attached hydrogens (tertiary/aromatic N) is 1. The lowest BCUT2D eigenvalue weighted by Gasteiger charge is -2.32. The highest BCUT2D eigenvalue weighted by molar-refractivity contribution is 7.91. The molecule has 2 heterocycles. The van der Waals surface area contributed by atoms with Crippen LogP contribution in [0.3, 0.4) is 0 Å². The number of benzene rings is 1. The van der Waals surface area contributed by atoms with Crippen molar-refractivity contribution in [1.29, 1.82) is 0 Å². The molecule has 152 valence electrons. The smallest absolute Gasteiger partial charge is 0.325 e. The van der Waals surface area contributed by atoms with E-state index in [2.05, 4.69) is 10.6 Å². The number of halogens is 1. The molecular formula is C18H22FN3O5S. The van der Waals surface area contributed by atoms with Gasteiger partial charge in [-0.2, -0.15) is 0 Å². The van der Waals surface area contributed by atoms with Crippen LogP contribution >= 0.6 is 0 Å². The summed E-state index contributed by atoms with van der Waals surface area (Å²) in [7, 11) is -3.69. The first-order valence-electron chi connectivity index (χ1n) is 9.00. The van der Waals surface area contributed by atoms with Crippen molar-refractivity contribution < 1.29 is 27.2 Å². The Morgan fingerprint density at radius 1 is 1.36 bits per heavy atom. The number of rotatable bonds is 5. The summed E-state index contributed by atoms with van der Waals surface area (Å²) in [5.74, 6) is -1.95. The van der Waals surface area contributed by atoms with E-state index < -0.39 is 45.6 Å². The molecule has 1 fully saturated rings. The topological polar surface area (TPSA) is 113 Å². The zero-order valence-corrected chi connectivity index (χ0v) is 16.4. The summed E-state index contributed by atoms with van der Waals surface area (Å²) in [5, 5.41) is 5.14. The summed E-state index contributed by atoms with van der Waals surface area (Å²) in [6, 6.07) is 2.24. The molecule has 3 rings (SSSR count). The van der Waals surface area contributed by atoms with E-state index in [1.54, 1.807) is 0 Å². The molecule has 28 heavy (non-hydrogen) atoms. The second kappa shape index (κ2) is 7.16. The van der Waals surface area contributed by atoms with Crippen LogP contribution in [0.25, 0.3) is 0 Å². The number of fused-ring (bicyclic) bond motifs is 2. The normalized spacial score (nSPS) is 23.1. The van der Waals surface area contributed by atoms with Gasteiger partial charge in [0.1, 0.15) is 17.9 Å². The van der Waals surface area contributed by atoms with Crippen molar-refractivity contribution in [2.45, 2.75) is 37.1 Å². The van der Waals surface area contributed by atoms with Crippen molar-refractivity contribution in [3.63, 3.8) is 0 Å². The van der Waals surface area contributed by atoms with Gasteiger partial charge in [-0.1, -0.05) is 13.8 Å². The lowest BCUT2D eigenvalue weighted by Crippen LogP contribution is -2.49. The summed E-state index contributed by atoms with van der Waals surface area (Å²) in [5.41, 5.74) is -1.78. The Bertz CT molecular complexity index is 947. The van der Waals surface area contributed by atoms with Gasteiger partial charge < -0.3 is 10.6 Å². The van der Waals surface area contributed by atoms with Crippen LogP contribution < -0.4 is 10.6 Å². The van der Waals surface area contributed by atoms with Crippen molar-refractivity contribution in [1.82, 2.24) is 15.5 Å². The number of hydrogen-bond acceptors (Lipinski definition) is 5. The maximum atomic E-state index is 13.8. The van der Waals surface area contributed by atoms with Gasteiger partial charge >= 0.3 is 6.03 Å². The molecule has 2 aliphatic rings. The highest BCUT2D eigenvalue weighted by Crippen LogP contribution is 2.41. The average molecular weight is 411 g/mol. The number of imide groups is 1.